The molecule has 1 aliphatic heterocycles. The first-order chi connectivity index (χ1) is 12.3. The quantitative estimate of drug-likeness (QED) is 0.809. The number of carbonyl (C=O) groups is 2. The summed E-state index contributed by atoms with van der Waals surface area (Å²) in [5.74, 6) is -0.398. The molecule has 0 radical (unpaired) electrons. The van der Waals surface area contributed by atoms with Crippen molar-refractivity contribution in [2.75, 3.05) is 19.7 Å². The minimum Gasteiger partial charge on any atom is -0.451 e. The molecule has 1 saturated heterocycles. The Morgan fingerprint density at radius 1 is 1.31 bits per heavy atom. The third kappa shape index (κ3) is 3.63. The van der Waals surface area contributed by atoms with Gasteiger partial charge < -0.3 is 19.4 Å². The number of esters is 1. The van der Waals surface area contributed by atoms with Crippen molar-refractivity contribution in [1.29, 1.82) is 0 Å². The fraction of sp³-hybridized carbons (Fsp3) is 0.529. The first kappa shape index (κ1) is 18.5. The van der Waals surface area contributed by atoms with Gasteiger partial charge in [0.1, 0.15) is 15.5 Å². The van der Waals surface area contributed by atoms with E-state index in [1.54, 1.807) is 18.7 Å². The van der Waals surface area contributed by atoms with Gasteiger partial charge in [0, 0.05) is 13.1 Å². The van der Waals surface area contributed by atoms with Crippen LogP contribution in [0.1, 0.15) is 34.9 Å². The van der Waals surface area contributed by atoms with Crippen LogP contribution in [-0.4, -0.2) is 58.6 Å². The van der Waals surface area contributed by atoms with Gasteiger partial charge in [-0.1, -0.05) is 0 Å². The summed E-state index contributed by atoms with van der Waals surface area (Å²) >= 11 is 1.10. The molecule has 1 N–H and O–H groups in total. The number of aromatic amines is 1. The molecule has 2 aromatic rings. The van der Waals surface area contributed by atoms with Crippen LogP contribution in [0.15, 0.2) is 4.79 Å². The van der Waals surface area contributed by atoms with E-state index in [0.717, 1.165) is 11.3 Å². The van der Waals surface area contributed by atoms with E-state index < -0.39 is 5.97 Å². The zero-order chi connectivity index (χ0) is 19.0. The molecule has 0 spiro atoms. The predicted octanol–water partition coefficient (Wildman–Crippen LogP) is 1.39. The van der Waals surface area contributed by atoms with Crippen LogP contribution in [0, 0.1) is 13.8 Å². The van der Waals surface area contributed by atoms with Gasteiger partial charge in [0.15, 0.2) is 6.61 Å². The van der Waals surface area contributed by atoms with E-state index in [9.17, 15) is 14.4 Å². The standard InChI is InChI=1S/C17H21N3O5S/c1-8-5-20(6-9(2)25-8)12(21)7-24-17(23)14-10(3)13-15(22)18-11(4)19-16(13)26-14/h8-9H,5-7H2,1-4H3,(H,18,19,22)/t8-,9-/m1/s1. The van der Waals surface area contributed by atoms with Crippen molar-refractivity contribution in [2.24, 2.45) is 0 Å². The van der Waals surface area contributed by atoms with Gasteiger partial charge in [0.2, 0.25) is 0 Å². The lowest BCUT2D eigenvalue weighted by molar-refractivity contribution is -0.146. The highest BCUT2D eigenvalue weighted by Crippen LogP contribution is 2.27. The number of aromatic nitrogens is 2. The Morgan fingerprint density at radius 3 is 2.62 bits per heavy atom. The minimum absolute atomic E-state index is 0.0516. The first-order valence-electron chi connectivity index (χ1n) is 8.36. The highest BCUT2D eigenvalue weighted by Gasteiger charge is 2.27. The van der Waals surface area contributed by atoms with Crippen molar-refractivity contribution in [1.82, 2.24) is 14.9 Å². The van der Waals surface area contributed by atoms with Crippen molar-refractivity contribution in [3.63, 3.8) is 0 Å². The molecule has 2 atom stereocenters. The second-order valence-electron chi connectivity index (χ2n) is 6.52. The lowest BCUT2D eigenvalue weighted by Gasteiger charge is -2.35. The van der Waals surface area contributed by atoms with Gasteiger partial charge in [0.05, 0.1) is 17.6 Å². The third-order valence-corrected chi connectivity index (χ3v) is 5.37. The summed E-state index contributed by atoms with van der Waals surface area (Å²) in [6.07, 6.45) is -0.103. The second kappa shape index (κ2) is 7.16. The average Bonchev–Trinajstić information content (AvgIpc) is 2.88. The Bertz CT molecular complexity index is 909. The van der Waals surface area contributed by atoms with E-state index in [1.807, 2.05) is 13.8 Å². The molecule has 8 nitrogen and oxygen atoms in total. The number of nitrogens with zero attached hydrogens (tertiary/aromatic N) is 2. The molecule has 26 heavy (non-hydrogen) atoms. The van der Waals surface area contributed by atoms with Gasteiger partial charge in [-0.3, -0.25) is 9.59 Å². The number of morpholine rings is 1. The molecule has 140 valence electrons. The van der Waals surface area contributed by atoms with E-state index in [2.05, 4.69) is 9.97 Å². The minimum atomic E-state index is -0.620. The fourth-order valence-electron chi connectivity index (χ4n) is 3.11. The van der Waals surface area contributed by atoms with E-state index in [-0.39, 0.29) is 30.3 Å². The number of carbonyl (C=O) groups excluding carboxylic acids is 2. The zero-order valence-electron chi connectivity index (χ0n) is 15.1. The molecular formula is C17H21N3O5S. The second-order valence-corrected chi connectivity index (χ2v) is 7.52. The van der Waals surface area contributed by atoms with Crippen LogP contribution >= 0.6 is 11.3 Å². The van der Waals surface area contributed by atoms with Crippen molar-refractivity contribution in [2.45, 2.75) is 39.9 Å². The summed E-state index contributed by atoms with van der Waals surface area (Å²) in [5.41, 5.74) is 0.234. The Kier molecular flexibility index (Phi) is 5.10. The van der Waals surface area contributed by atoms with Gasteiger partial charge >= 0.3 is 5.97 Å². The molecule has 1 amide bonds. The van der Waals surface area contributed by atoms with Crippen LogP contribution in [0.5, 0.6) is 0 Å². The molecular weight excluding hydrogens is 358 g/mol. The van der Waals surface area contributed by atoms with Crippen molar-refractivity contribution in [3.05, 3.63) is 26.6 Å². The number of ether oxygens (including phenoxy) is 2. The smallest absolute Gasteiger partial charge is 0.349 e. The fourth-order valence-corrected chi connectivity index (χ4v) is 4.23. The Balaban J connectivity index is 1.72. The van der Waals surface area contributed by atoms with Crippen molar-refractivity contribution >= 4 is 33.4 Å². The topological polar surface area (TPSA) is 102 Å². The van der Waals surface area contributed by atoms with Gasteiger partial charge in [-0.2, -0.15) is 0 Å². The lowest BCUT2D eigenvalue weighted by atomic mass is 10.2. The predicted molar refractivity (Wildman–Crippen MR) is 96.6 cm³/mol. The molecule has 1 fully saturated rings. The number of H-pyrrole nitrogens is 1. The Morgan fingerprint density at radius 2 is 1.96 bits per heavy atom. The molecule has 3 heterocycles. The molecule has 1 aliphatic rings. The van der Waals surface area contributed by atoms with Gasteiger partial charge in [0.25, 0.3) is 11.5 Å². The monoisotopic (exact) mass is 379 g/mol. The molecule has 0 saturated carbocycles. The van der Waals surface area contributed by atoms with Crippen molar-refractivity contribution in [3.8, 4) is 0 Å². The molecule has 2 aromatic heterocycles. The van der Waals surface area contributed by atoms with Gasteiger partial charge in [-0.15, -0.1) is 11.3 Å². The van der Waals surface area contributed by atoms with Crippen LogP contribution < -0.4 is 5.56 Å². The number of hydrogen-bond donors (Lipinski definition) is 1. The molecule has 0 unspecified atom stereocenters. The maximum absolute atomic E-state index is 12.4. The summed E-state index contributed by atoms with van der Waals surface area (Å²) in [5, 5.41) is 0.384. The maximum atomic E-state index is 12.4. The number of fused-ring (bicyclic) bond motifs is 1. The average molecular weight is 379 g/mol. The van der Waals surface area contributed by atoms with Crippen LogP contribution in [-0.2, 0) is 14.3 Å². The first-order valence-corrected chi connectivity index (χ1v) is 9.18. The Labute approximate surface area is 154 Å². The van der Waals surface area contributed by atoms with E-state index >= 15 is 0 Å². The third-order valence-electron chi connectivity index (χ3n) is 4.20. The van der Waals surface area contributed by atoms with Crippen LogP contribution in [0.3, 0.4) is 0 Å². The largest absolute Gasteiger partial charge is 0.451 e. The van der Waals surface area contributed by atoms with E-state index in [4.69, 9.17) is 9.47 Å². The molecule has 9 heteroatoms. The summed E-state index contributed by atoms with van der Waals surface area (Å²) in [6.45, 7) is 7.76. The summed E-state index contributed by atoms with van der Waals surface area (Å²) < 4.78 is 10.8. The number of amides is 1. The summed E-state index contributed by atoms with van der Waals surface area (Å²) in [6, 6.07) is 0. The highest BCUT2D eigenvalue weighted by atomic mass is 32.1. The molecule has 0 bridgehead atoms. The van der Waals surface area contributed by atoms with Crippen LogP contribution in [0.25, 0.3) is 10.2 Å². The summed E-state index contributed by atoms with van der Waals surface area (Å²) in [4.78, 5) is 46.1. The van der Waals surface area contributed by atoms with E-state index in [0.29, 0.717) is 39.6 Å². The van der Waals surface area contributed by atoms with Crippen molar-refractivity contribution < 1.29 is 19.1 Å². The normalized spacial score (nSPS) is 20.4. The van der Waals surface area contributed by atoms with Gasteiger partial charge in [-0.25, -0.2) is 9.78 Å². The molecule has 0 aromatic carbocycles. The SMILES string of the molecule is Cc1nc2sc(C(=O)OCC(=O)N3C[C@@H](C)O[C@H](C)C3)c(C)c2c(=O)[nH]1. The Hall–Kier alpha value is -2.26. The number of rotatable bonds is 3. The van der Waals surface area contributed by atoms with E-state index in [1.165, 1.54) is 0 Å². The highest BCUT2D eigenvalue weighted by molar-refractivity contribution is 7.20. The molecule has 3 rings (SSSR count). The van der Waals surface area contributed by atoms with Crippen LogP contribution in [0.2, 0.25) is 0 Å². The maximum Gasteiger partial charge on any atom is 0.349 e. The zero-order valence-corrected chi connectivity index (χ0v) is 15.9. The number of nitrogens with one attached hydrogen (secondary N) is 1. The van der Waals surface area contributed by atoms with Gasteiger partial charge in [-0.05, 0) is 33.3 Å². The summed E-state index contributed by atoms with van der Waals surface area (Å²) in [7, 11) is 0. The van der Waals surface area contributed by atoms with Crippen LogP contribution in [0.4, 0.5) is 0 Å². The number of aryl methyl sites for hydroxylation is 2. The lowest BCUT2D eigenvalue weighted by Crippen LogP contribution is -2.49. The number of hydrogen-bond acceptors (Lipinski definition) is 7. The molecule has 0 aliphatic carbocycles. The number of thiophene rings is 1.